The number of ether oxygens (including phenoxy) is 2. The van der Waals surface area contributed by atoms with Crippen molar-refractivity contribution in [2.75, 3.05) is 6.61 Å². The van der Waals surface area contributed by atoms with Crippen LogP contribution in [0.5, 0.6) is 0 Å². The van der Waals surface area contributed by atoms with E-state index in [9.17, 15) is 10.2 Å². The number of aliphatic hydroxyl groups excluding tert-OH is 1. The van der Waals surface area contributed by atoms with Crippen LogP contribution in [0.25, 0.3) is 0 Å². The zero-order chi connectivity index (χ0) is 21.8. The van der Waals surface area contributed by atoms with E-state index < -0.39 is 11.4 Å². The molecule has 6 fully saturated rings. The average Bonchev–Trinajstić information content (AvgIpc) is 3.16. The summed E-state index contributed by atoms with van der Waals surface area (Å²) in [5.41, 5.74) is 0.0839. The highest BCUT2D eigenvalue weighted by Crippen LogP contribution is 2.71. The lowest BCUT2D eigenvalue weighted by atomic mass is 9.44. The summed E-state index contributed by atoms with van der Waals surface area (Å²) in [5.74, 6) is 3.69. The Hall–Kier alpha value is -0.160. The fourth-order valence-corrected chi connectivity index (χ4v) is 10.2. The van der Waals surface area contributed by atoms with E-state index >= 15 is 0 Å². The standard InChI is InChI=1S/C27H44O4/c1-16-23-22(31-27(16)12-11-24(2,29)15-30-27)14-21-19-6-5-17-13-18(28)7-9-25(17,3)20(19)8-10-26(21,23)4/h16-23,28-29H,5-15H2,1-4H3/t16-,17+,18+,19+,20-,21-,22-,23-,24+,25-,26-,27+/m0/s1. The number of rotatable bonds is 0. The lowest BCUT2D eigenvalue weighted by Gasteiger charge is -2.61. The molecule has 2 saturated heterocycles. The molecule has 0 aromatic rings. The summed E-state index contributed by atoms with van der Waals surface area (Å²) in [6.07, 6.45) is 11.7. The minimum Gasteiger partial charge on any atom is -0.393 e. The van der Waals surface area contributed by atoms with Crippen molar-refractivity contribution in [3.8, 4) is 0 Å². The van der Waals surface area contributed by atoms with Gasteiger partial charge in [-0.05, 0) is 105 Å². The lowest BCUT2D eigenvalue weighted by Crippen LogP contribution is -2.55. The SMILES string of the molecule is C[C@H]1[C@H]2[C@H](C[C@H]3[C@@H]4CC[C@@H]5C[C@H](O)CC[C@]5(C)[C@H]4CC[C@]23C)O[C@]12CC[C@@](C)(O)CO2. The first-order chi connectivity index (χ1) is 14.6. The van der Waals surface area contributed by atoms with Gasteiger partial charge in [0.05, 0.1) is 24.4 Å². The number of hydrogen-bond donors (Lipinski definition) is 2. The molecule has 4 aliphatic carbocycles. The van der Waals surface area contributed by atoms with Gasteiger partial charge in [-0.15, -0.1) is 0 Å². The van der Waals surface area contributed by atoms with Crippen molar-refractivity contribution in [2.45, 2.75) is 115 Å². The van der Waals surface area contributed by atoms with E-state index in [1.165, 1.54) is 38.5 Å². The zero-order valence-corrected chi connectivity index (χ0v) is 20.1. The van der Waals surface area contributed by atoms with E-state index in [-0.39, 0.29) is 6.10 Å². The Morgan fingerprint density at radius 3 is 2.35 bits per heavy atom. The molecule has 0 unspecified atom stereocenters. The molecule has 2 heterocycles. The molecule has 176 valence electrons. The van der Waals surface area contributed by atoms with Crippen LogP contribution < -0.4 is 0 Å². The van der Waals surface area contributed by atoms with E-state index in [1.54, 1.807) is 0 Å². The van der Waals surface area contributed by atoms with Crippen LogP contribution >= 0.6 is 0 Å². The number of aliphatic hydroxyl groups is 2. The quantitative estimate of drug-likeness (QED) is 0.571. The van der Waals surface area contributed by atoms with Gasteiger partial charge in [0, 0.05) is 12.3 Å². The van der Waals surface area contributed by atoms with Crippen LogP contribution in [0, 0.1) is 46.3 Å². The van der Waals surface area contributed by atoms with Crippen molar-refractivity contribution in [1.82, 2.24) is 0 Å². The molecule has 31 heavy (non-hydrogen) atoms. The van der Waals surface area contributed by atoms with Gasteiger partial charge in [-0.3, -0.25) is 0 Å². The maximum atomic E-state index is 10.4. The molecule has 0 aromatic heterocycles. The second-order valence-corrected chi connectivity index (χ2v) is 13.4. The molecule has 4 nitrogen and oxygen atoms in total. The van der Waals surface area contributed by atoms with Crippen molar-refractivity contribution in [2.24, 2.45) is 46.3 Å². The van der Waals surface area contributed by atoms with E-state index in [2.05, 4.69) is 20.8 Å². The van der Waals surface area contributed by atoms with E-state index in [0.29, 0.717) is 35.4 Å². The molecule has 12 atom stereocenters. The summed E-state index contributed by atoms with van der Waals surface area (Å²) in [6.45, 7) is 9.84. The molecule has 0 radical (unpaired) electrons. The first kappa shape index (κ1) is 21.4. The Labute approximate surface area is 188 Å². The number of hydrogen-bond acceptors (Lipinski definition) is 4. The summed E-state index contributed by atoms with van der Waals surface area (Å²) in [5, 5.41) is 20.7. The van der Waals surface area contributed by atoms with Gasteiger partial charge in [-0.25, -0.2) is 0 Å². The first-order valence-electron chi connectivity index (χ1n) is 13.3. The highest BCUT2D eigenvalue weighted by Gasteiger charge is 2.69. The van der Waals surface area contributed by atoms with Crippen molar-refractivity contribution in [3.63, 3.8) is 0 Å². The van der Waals surface area contributed by atoms with Crippen LogP contribution in [0.2, 0.25) is 0 Å². The Kier molecular flexibility index (Phi) is 4.62. The third-order valence-electron chi connectivity index (χ3n) is 11.9. The van der Waals surface area contributed by atoms with Crippen molar-refractivity contribution in [1.29, 1.82) is 0 Å². The Morgan fingerprint density at radius 2 is 1.61 bits per heavy atom. The minimum atomic E-state index is -0.710. The summed E-state index contributed by atoms with van der Waals surface area (Å²) in [4.78, 5) is 0. The monoisotopic (exact) mass is 432 g/mol. The summed E-state index contributed by atoms with van der Waals surface area (Å²) < 4.78 is 13.2. The van der Waals surface area contributed by atoms with E-state index in [0.717, 1.165) is 49.4 Å². The second kappa shape index (κ2) is 6.71. The Balaban J connectivity index is 1.25. The van der Waals surface area contributed by atoms with Gasteiger partial charge in [0.25, 0.3) is 0 Å². The van der Waals surface area contributed by atoms with Gasteiger partial charge in [-0.1, -0.05) is 20.8 Å². The molecular formula is C27H44O4. The smallest absolute Gasteiger partial charge is 0.171 e. The molecule has 2 N–H and O–H groups in total. The lowest BCUT2D eigenvalue weighted by molar-refractivity contribution is -0.294. The van der Waals surface area contributed by atoms with Crippen LogP contribution in [0.15, 0.2) is 0 Å². The van der Waals surface area contributed by atoms with Gasteiger partial charge in [-0.2, -0.15) is 0 Å². The maximum Gasteiger partial charge on any atom is 0.171 e. The minimum absolute atomic E-state index is 0.0592. The van der Waals surface area contributed by atoms with Crippen LogP contribution in [0.3, 0.4) is 0 Å². The predicted octanol–water partition coefficient (Wildman–Crippen LogP) is 4.91. The molecular weight excluding hydrogens is 388 g/mol. The molecule has 0 aromatic carbocycles. The molecule has 0 amide bonds. The van der Waals surface area contributed by atoms with Gasteiger partial charge in [0.1, 0.15) is 0 Å². The first-order valence-corrected chi connectivity index (χ1v) is 13.3. The van der Waals surface area contributed by atoms with Gasteiger partial charge >= 0.3 is 0 Å². The Morgan fingerprint density at radius 1 is 0.839 bits per heavy atom. The van der Waals surface area contributed by atoms with E-state index in [4.69, 9.17) is 9.47 Å². The summed E-state index contributed by atoms with van der Waals surface area (Å²) in [6, 6.07) is 0. The van der Waals surface area contributed by atoms with Gasteiger partial charge < -0.3 is 19.7 Å². The molecule has 0 bridgehead atoms. The zero-order valence-electron chi connectivity index (χ0n) is 20.1. The summed E-state index contributed by atoms with van der Waals surface area (Å²) >= 11 is 0. The van der Waals surface area contributed by atoms with Crippen molar-refractivity contribution < 1.29 is 19.7 Å². The normalized spacial score (nSPS) is 63.3. The maximum absolute atomic E-state index is 10.4. The molecule has 6 rings (SSSR count). The van der Waals surface area contributed by atoms with Gasteiger partial charge in [0.2, 0.25) is 0 Å². The molecule has 6 aliphatic rings. The third-order valence-corrected chi connectivity index (χ3v) is 11.9. The van der Waals surface area contributed by atoms with Crippen LogP contribution in [0.4, 0.5) is 0 Å². The van der Waals surface area contributed by atoms with Crippen LogP contribution in [-0.4, -0.2) is 40.4 Å². The Bertz CT molecular complexity index is 725. The molecule has 4 heteroatoms. The van der Waals surface area contributed by atoms with E-state index in [1.807, 2.05) is 6.92 Å². The van der Waals surface area contributed by atoms with Crippen LogP contribution in [0.1, 0.15) is 91.9 Å². The van der Waals surface area contributed by atoms with Crippen LogP contribution in [-0.2, 0) is 9.47 Å². The second-order valence-electron chi connectivity index (χ2n) is 13.4. The fraction of sp³-hybridized carbons (Fsp3) is 1.00. The van der Waals surface area contributed by atoms with Crippen molar-refractivity contribution in [3.05, 3.63) is 0 Å². The molecule has 1 spiro atoms. The number of fused-ring (bicyclic) bond motifs is 7. The highest BCUT2D eigenvalue weighted by molar-refractivity contribution is 5.15. The topological polar surface area (TPSA) is 58.9 Å². The third kappa shape index (κ3) is 2.87. The molecule has 2 aliphatic heterocycles. The van der Waals surface area contributed by atoms with Gasteiger partial charge in [0.15, 0.2) is 5.79 Å². The van der Waals surface area contributed by atoms with Crippen molar-refractivity contribution >= 4 is 0 Å². The fourth-order valence-electron chi connectivity index (χ4n) is 10.2. The predicted molar refractivity (Wildman–Crippen MR) is 119 cm³/mol. The largest absolute Gasteiger partial charge is 0.393 e. The highest BCUT2D eigenvalue weighted by atomic mass is 16.7. The summed E-state index contributed by atoms with van der Waals surface area (Å²) in [7, 11) is 0. The molecule has 4 saturated carbocycles. The average molecular weight is 433 g/mol.